The highest BCUT2D eigenvalue weighted by Gasteiger charge is 2.19. The molecule has 126 valence electrons. The van der Waals surface area contributed by atoms with Gasteiger partial charge in [0.05, 0.1) is 34.1 Å². The number of hydrogen-bond donors (Lipinski definition) is 0. The molecule has 24 heavy (non-hydrogen) atoms. The number of carbonyl (C=O) groups excluding carboxylic acids is 1. The molecule has 2 heterocycles. The Hall–Kier alpha value is -1.79. The van der Waals surface area contributed by atoms with Gasteiger partial charge in [-0.3, -0.25) is 4.99 Å². The smallest absolute Gasteiger partial charge is 0.337 e. The molecular formula is C17H16BrClN2O3. The van der Waals surface area contributed by atoms with E-state index in [1.807, 2.05) is 6.07 Å². The lowest BCUT2D eigenvalue weighted by Crippen LogP contribution is -2.17. The largest absolute Gasteiger partial charge is 0.465 e. The minimum Gasteiger partial charge on any atom is -0.465 e. The van der Waals surface area contributed by atoms with E-state index in [0.717, 1.165) is 23.4 Å². The van der Waals surface area contributed by atoms with Crippen molar-refractivity contribution in [3.05, 3.63) is 45.1 Å². The van der Waals surface area contributed by atoms with E-state index in [2.05, 4.69) is 25.8 Å². The fraction of sp³-hybridized carbons (Fsp3) is 0.294. The zero-order valence-corrected chi connectivity index (χ0v) is 15.4. The first kappa shape index (κ1) is 17.0. The van der Waals surface area contributed by atoms with Crippen molar-refractivity contribution in [3.63, 3.8) is 0 Å². The Bertz CT molecular complexity index is 782. The van der Waals surface area contributed by atoms with Gasteiger partial charge in [0.2, 0.25) is 5.88 Å². The number of anilines is 1. The number of methoxy groups -OCH3 is 1. The SMILES string of the molecule is COC(=O)c1ccc(Cl)c(N=Cc2cc(Br)c(N3CCCC3)o2)c1. The van der Waals surface area contributed by atoms with E-state index in [0.29, 0.717) is 22.0 Å². The fourth-order valence-electron chi connectivity index (χ4n) is 2.57. The molecule has 1 aromatic heterocycles. The highest BCUT2D eigenvalue weighted by atomic mass is 79.9. The standard InChI is InChI=1S/C17H16BrClN2O3/c1-23-17(22)11-4-5-14(19)15(8-11)20-10-12-9-13(18)16(24-12)21-6-2-3-7-21/h4-5,8-10H,2-3,6-7H2,1H3. The molecular weight excluding hydrogens is 396 g/mol. The fourth-order valence-corrected chi connectivity index (χ4v) is 3.29. The van der Waals surface area contributed by atoms with Crippen molar-refractivity contribution >= 4 is 51.3 Å². The number of hydrogen-bond acceptors (Lipinski definition) is 5. The van der Waals surface area contributed by atoms with E-state index in [9.17, 15) is 4.79 Å². The van der Waals surface area contributed by atoms with Gasteiger partial charge in [0.15, 0.2) is 0 Å². The number of ether oxygens (including phenoxy) is 1. The van der Waals surface area contributed by atoms with Gasteiger partial charge in [-0.2, -0.15) is 0 Å². The zero-order valence-electron chi connectivity index (χ0n) is 13.1. The molecule has 0 spiro atoms. The van der Waals surface area contributed by atoms with Crippen LogP contribution in [-0.4, -0.2) is 32.4 Å². The molecule has 1 fully saturated rings. The maximum Gasteiger partial charge on any atom is 0.337 e. The van der Waals surface area contributed by atoms with Gasteiger partial charge in [0, 0.05) is 19.2 Å². The topological polar surface area (TPSA) is 55.0 Å². The average Bonchev–Trinajstić information content (AvgIpc) is 3.22. The average molecular weight is 412 g/mol. The Morgan fingerprint density at radius 2 is 2.12 bits per heavy atom. The van der Waals surface area contributed by atoms with Gasteiger partial charge >= 0.3 is 5.97 Å². The van der Waals surface area contributed by atoms with Gasteiger partial charge in [0.25, 0.3) is 0 Å². The molecule has 0 unspecified atom stereocenters. The van der Waals surface area contributed by atoms with Gasteiger partial charge in [-0.1, -0.05) is 11.6 Å². The number of benzene rings is 1. The summed E-state index contributed by atoms with van der Waals surface area (Å²) in [6, 6.07) is 6.68. The maximum atomic E-state index is 11.6. The second kappa shape index (κ2) is 7.40. The second-order valence-corrected chi connectivity index (χ2v) is 6.67. The number of aliphatic imine (C=N–C) groups is 1. The van der Waals surface area contributed by atoms with E-state index < -0.39 is 5.97 Å². The van der Waals surface area contributed by atoms with Crippen molar-refractivity contribution in [2.45, 2.75) is 12.8 Å². The van der Waals surface area contributed by atoms with Crippen LogP contribution in [0.5, 0.6) is 0 Å². The highest BCUT2D eigenvalue weighted by molar-refractivity contribution is 9.10. The van der Waals surface area contributed by atoms with Crippen LogP contribution in [0.25, 0.3) is 0 Å². The van der Waals surface area contributed by atoms with Crippen molar-refractivity contribution in [2.24, 2.45) is 4.99 Å². The lowest BCUT2D eigenvalue weighted by molar-refractivity contribution is 0.0601. The molecule has 7 heteroatoms. The first-order chi connectivity index (χ1) is 11.6. The summed E-state index contributed by atoms with van der Waals surface area (Å²) in [4.78, 5) is 18.1. The molecule has 3 rings (SSSR count). The number of furan rings is 1. The summed E-state index contributed by atoms with van der Waals surface area (Å²) >= 11 is 9.66. The van der Waals surface area contributed by atoms with Crippen LogP contribution in [0, 0.1) is 0 Å². The Labute approximate surface area is 153 Å². The van der Waals surface area contributed by atoms with Crippen LogP contribution in [0.2, 0.25) is 5.02 Å². The van der Waals surface area contributed by atoms with Crippen molar-refractivity contribution in [2.75, 3.05) is 25.1 Å². The molecule has 0 N–H and O–H groups in total. The quantitative estimate of drug-likeness (QED) is 0.534. The van der Waals surface area contributed by atoms with Gasteiger partial charge in [-0.05, 0) is 47.0 Å². The van der Waals surface area contributed by atoms with Gasteiger partial charge in [-0.15, -0.1) is 0 Å². The molecule has 0 saturated carbocycles. The Morgan fingerprint density at radius 1 is 1.38 bits per heavy atom. The van der Waals surface area contributed by atoms with Crippen LogP contribution in [0.4, 0.5) is 11.6 Å². The number of nitrogens with zero attached hydrogens (tertiary/aromatic N) is 2. The van der Waals surface area contributed by atoms with Crippen LogP contribution in [0.1, 0.15) is 29.0 Å². The normalized spacial score (nSPS) is 14.5. The number of carbonyl (C=O) groups is 1. The van der Waals surface area contributed by atoms with Crippen LogP contribution in [0.3, 0.4) is 0 Å². The lowest BCUT2D eigenvalue weighted by Gasteiger charge is -2.13. The summed E-state index contributed by atoms with van der Waals surface area (Å²) in [7, 11) is 1.33. The lowest BCUT2D eigenvalue weighted by atomic mass is 10.2. The third-order valence-electron chi connectivity index (χ3n) is 3.78. The minimum absolute atomic E-state index is 0.396. The van der Waals surface area contributed by atoms with Gasteiger partial charge in [0.1, 0.15) is 5.76 Å². The first-order valence-corrected chi connectivity index (χ1v) is 8.72. The molecule has 0 atom stereocenters. The van der Waals surface area contributed by atoms with Crippen LogP contribution in [0.15, 0.2) is 38.1 Å². The zero-order chi connectivity index (χ0) is 17.1. The third-order valence-corrected chi connectivity index (χ3v) is 4.67. The molecule has 2 aromatic rings. The molecule has 1 aliphatic rings. The molecule has 5 nitrogen and oxygen atoms in total. The Balaban J connectivity index is 1.83. The van der Waals surface area contributed by atoms with Crippen molar-refractivity contribution in [3.8, 4) is 0 Å². The number of halogens is 2. The summed E-state index contributed by atoms with van der Waals surface area (Å²) in [5, 5.41) is 0.448. The molecule has 1 aromatic carbocycles. The van der Waals surface area contributed by atoms with Gasteiger partial charge in [-0.25, -0.2) is 4.79 Å². The number of esters is 1. The summed E-state index contributed by atoms with van der Waals surface area (Å²) in [6.07, 6.45) is 3.94. The minimum atomic E-state index is -0.430. The highest BCUT2D eigenvalue weighted by Crippen LogP contribution is 2.32. The summed E-state index contributed by atoms with van der Waals surface area (Å²) in [6.45, 7) is 1.99. The van der Waals surface area contributed by atoms with E-state index in [1.165, 1.54) is 20.0 Å². The molecule has 0 amide bonds. The van der Waals surface area contributed by atoms with E-state index >= 15 is 0 Å². The van der Waals surface area contributed by atoms with E-state index in [1.54, 1.807) is 24.4 Å². The Kier molecular flexibility index (Phi) is 5.26. The number of rotatable bonds is 4. The van der Waals surface area contributed by atoms with Crippen molar-refractivity contribution in [1.82, 2.24) is 0 Å². The maximum absolute atomic E-state index is 11.6. The molecule has 1 saturated heterocycles. The third kappa shape index (κ3) is 3.65. The van der Waals surface area contributed by atoms with Gasteiger partial charge < -0.3 is 14.1 Å². The summed E-state index contributed by atoms with van der Waals surface area (Å²) < 4.78 is 11.5. The monoisotopic (exact) mass is 410 g/mol. The second-order valence-electron chi connectivity index (χ2n) is 5.41. The first-order valence-electron chi connectivity index (χ1n) is 7.54. The van der Waals surface area contributed by atoms with Crippen LogP contribution in [-0.2, 0) is 4.74 Å². The van der Waals surface area contributed by atoms with E-state index in [-0.39, 0.29) is 0 Å². The van der Waals surface area contributed by atoms with Crippen LogP contribution >= 0.6 is 27.5 Å². The molecule has 0 radical (unpaired) electrons. The summed E-state index contributed by atoms with van der Waals surface area (Å²) in [5.74, 6) is 1.01. The summed E-state index contributed by atoms with van der Waals surface area (Å²) in [5.41, 5.74) is 0.877. The predicted molar refractivity (Wildman–Crippen MR) is 97.9 cm³/mol. The molecule has 1 aliphatic heterocycles. The molecule has 0 bridgehead atoms. The predicted octanol–water partition coefficient (Wildman–Crippen LogP) is 4.83. The van der Waals surface area contributed by atoms with Crippen LogP contribution < -0.4 is 4.90 Å². The van der Waals surface area contributed by atoms with Crippen molar-refractivity contribution < 1.29 is 13.9 Å². The Morgan fingerprint density at radius 3 is 2.83 bits per heavy atom. The van der Waals surface area contributed by atoms with E-state index in [4.69, 9.17) is 20.8 Å². The molecule has 0 aliphatic carbocycles. The van der Waals surface area contributed by atoms with Crippen molar-refractivity contribution in [1.29, 1.82) is 0 Å².